The van der Waals surface area contributed by atoms with Crippen molar-refractivity contribution in [3.05, 3.63) is 53.4 Å². The van der Waals surface area contributed by atoms with E-state index in [1.54, 1.807) is 24.5 Å². The molecule has 0 amide bonds. The van der Waals surface area contributed by atoms with E-state index in [2.05, 4.69) is 4.98 Å². The topological polar surface area (TPSA) is 38.1 Å². The van der Waals surface area contributed by atoms with Crippen molar-refractivity contribution in [2.75, 3.05) is 0 Å². The minimum atomic E-state index is -0.864. The predicted molar refractivity (Wildman–Crippen MR) is 63.0 cm³/mol. The Labute approximate surface area is 99.5 Å². The normalized spacial score (nSPS) is 12.7. The standard InChI is InChI=1S/C13H15FN2O/c1-9-3-4-10(11(14)7-9)12(17)8-13-15-5-6-16(13)2/h3-7,12,17H,8H2,1-2H3. The molecule has 1 N–H and O–H groups in total. The maximum atomic E-state index is 13.6. The highest BCUT2D eigenvalue weighted by atomic mass is 19.1. The minimum Gasteiger partial charge on any atom is -0.388 e. The first-order valence-electron chi connectivity index (χ1n) is 5.48. The lowest BCUT2D eigenvalue weighted by Gasteiger charge is -2.12. The largest absolute Gasteiger partial charge is 0.388 e. The summed E-state index contributed by atoms with van der Waals surface area (Å²) in [6.07, 6.45) is 2.90. The van der Waals surface area contributed by atoms with Gasteiger partial charge in [-0.05, 0) is 18.6 Å². The highest BCUT2D eigenvalue weighted by Crippen LogP contribution is 2.21. The summed E-state index contributed by atoms with van der Waals surface area (Å²) < 4.78 is 15.5. The summed E-state index contributed by atoms with van der Waals surface area (Å²) in [5.41, 5.74) is 1.16. The number of rotatable bonds is 3. The highest BCUT2D eigenvalue weighted by Gasteiger charge is 2.15. The van der Waals surface area contributed by atoms with E-state index in [1.165, 1.54) is 6.07 Å². The van der Waals surface area contributed by atoms with E-state index in [1.807, 2.05) is 18.5 Å². The number of benzene rings is 1. The van der Waals surface area contributed by atoms with Gasteiger partial charge in [0.05, 0.1) is 6.10 Å². The van der Waals surface area contributed by atoms with Crippen LogP contribution in [-0.2, 0) is 13.5 Å². The average molecular weight is 234 g/mol. The number of aromatic nitrogens is 2. The zero-order chi connectivity index (χ0) is 12.4. The van der Waals surface area contributed by atoms with Gasteiger partial charge in [0, 0.05) is 31.4 Å². The van der Waals surface area contributed by atoms with E-state index in [-0.39, 0.29) is 5.82 Å². The fraction of sp³-hybridized carbons (Fsp3) is 0.308. The van der Waals surface area contributed by atoms with Crippen molar-refractivity contribution < 1.29 is 9.50 Å². The van der Waals surface area contributed by atoms with Crippen molar-refractivity contribution in [1.82, 2.24) is 9.55 Å². The van der Waals surface area contributed by atoms with E-state index < -0.39 is 6.10 Å². The Balaban J connectivity index is 2.20. The molecule has 0 aliphatic rings. The van der Waals surface area contributed by atoms with Gasteiger partial charge in [-0.1, -0.05) is 12.1 Å². The Morgan fingerprint density at radius 3 is 2.82 bits per heavy atom. The average Bonchev–Trinajstić information content (AvgIpc) is 2.64. The number of hydrogen-bond donors (Lipinski definition) is 1. The number of aryl methyl sites for hydroxylation is 2. The smallest absolute Gasteiger partial charge is 0.129 e. The molecule has 1 aromatic heterocycles. The lowest BCUT2D eigenvalue weighted by atomic mass is 10.0. The molecule has 17 heavy (non-hydrogen) atoms. The third-order valence-corrected chi connectivity index (χ3v) is 2.81. The first kappa shape index (κ1) is 11.8. The second-order valence-corrected chi connectivity index (χ2v) is 4.20. The molecule has 0 radical (unpaired) electrons. The van der Waals surface area contributed by atoms with Crippen molar-refractivity contribution in [1.29, 1.82) is 0 Å². The molecule has 4 heteroatoms. The molecule has 1 aromatic carbocycles. The Hall–Kier alpha value is -1.68. The number of nitrogens with zero attached hydrogens (tertiary/aromatic N) is 2. The molecule has 1 unspecified atom stereocenters. The van der Waals surface area contributed by atoms with Gasteiger partial charge >= 0.3 is 0 Å². The maximum Gasteiger partial charge on any atom is 0.129 e. The van der Waals surface area contributed by atoms with Gasteiger partial charge in [-0.15, -0.1) is 0 Å². The van der Waals surface area contributed by atoms with Crippen LogP contribution >= 0.6 is 0 Å². The Bertz CT molecular complexity index is 522. The molecule has 0 saturated heterocycles. The van der Waals surface area contributed by atoms with Crippen molar-refractivity contribution in [3.63, 3.8) is 0 Å². The van der Waals surface area contributed by atoms with Crippen LogP contribution < -0.4 is 0 Å². The van der Waals surface area contributed by atoms with Crippen LogP contribution in [0.2, 0.25) is 0 Å². The van der Waals surface area contributed by atoms with E-state index in [4.69, 9.17) is 0 Å². The van der Waals surface area contributed by atoms with E-state index in [9.17, 15) is 9.50 Å². The van der Waals surface area contributed by atoms with Gasteiger partial charge in [-0.25, -0.2) is 9.37 Å². The number of aliphatic hydroxyl groups excluding tert-OH is 1. The lowest BCUT2D eigenvalue weighted by molar-refractivity contribution is 0.170. The van der Waals surface area contributed by atoms with Crippen LogP contribution in [0.4, 0.5) is 4.39 Å². The number of halogens is 1. The molecular weight excluding hydrogens is 219 g/mol. The van der Waals surface area contributed by atoms with Gasteiger partial charge in [0.25, 0.3) is 0 Å². The summed E-state index contributed by atoms with van der Waals surface area (Å²) in [5, 5.41) is 10.00. The fourth-order valence-electron chi connectivity index (χ4n) is 1.78. The van der Waals surface area contributed by atoms with Crippen LogP contribution in [0.5, 0.6) is 0 Å². The number of hydrogen-bond acceptors (Lipinski definition) is 2. The molecule has 2 rings (SSSR count). The van der Waals surface area contributed by atoms with Crippen molar-refractivity contribution >= 4 is 0 Å². The number of aliphatic hydroxyl groups is 1. The van der Waals surface area contributed by atoms with Gasteiger partial charge in [-0.2, -0.15) is 0 Å². The molecule has 0 fully saturated rings. The monoisotopic (exact) mass is 234 g/mol. The fourth-order valence-corrected chi connectivity index (χ4v) is 1.78. The molecule has 0 bridgehead atoms. The zero-order valence-electron chi connectivity index (χ0n) is 9.89. The van der Waals surface area contributed by atoms with E-state index in [0.717, 1.165) is 11.4 Å². The molecule has 0 spiro atoms. The molecule has 1 atom stereocenters. The number of imidazole rings is 1. The molecule has 0 aliphatic carbocycles. The summed E-state index contributed by atoms with van der Waals surface area (Å²) in [4.78, 5) is 4.11. The lowest BCUT2D eigenvalue weighted by Crippen LogP contribution is -2.08. The summed E-state index contributed by atoms with van der Waals surface area (Å²) in [7, 11) is 1.85. The zero-order valence-corrected chi connectivity index (χ0v) is 9.89. The van der Waals surface area contributed by atoms with Crippen LogP contribution in [0.3, 0.4) is 0 Å². The first-order valence-corrected chi connectivity index (χ1v) is 5.48. The van der Waals surface area contributed by atoms with Gasteiger partial charge in [0.1, 0.15) is 11.6 Å². The molecule has 1 heterocycles. The third kappa shape index (κ3) is 2.53. The minimum absolute atomic E-state index is 0.309. The van der Waals surface area contributed by atoms with Crippen LogP contribution in [0, 0.1) is 12.7 Å². The Morgan fingerprint density at radius 2 is 2.24 bits per heavy atom. The molecule has 2 aromatic rings. The van der Waals surface area contributed by atoms with Crippen molar-refractivity contribution in [2.24, 2.45) is 7.05 Å². The van der Waals surface area contributed by atoms with E-state index in [0.29, 0.717) is 12.0 Å². The molecule has 3 nitrogen and oxygen atoms in total. The van der Waals surface area contributed by atoms with Crippen molar-refractivity contribution in [3.8, 4) is 0 Å². The second-order valence-electron chi connectivity index (χ2n) is 4.20. The van der Waals surface area contributed by atoms with Crippen LogP contribution in [-0.4, -0.2) is 14.7 Å². The Morgan fingerprint density at radius 1 is 1.47 bits per heavy atom. The van der Waals surface area contributed by atoms with Crippen LogP contribution in [0.15, 0.2) is 30.6 Å². The summed E-state index contributed by atoms with van der Waals surface area (Å²) in [6, 6.07) is 4.84. The van der Waals surface area contributed by atoms with Gasteiger partial charge in [0.2, 0.25) is 0 Å². The molecule has 0 saturated carbocycles. The second kappa shape index (κ2) is 4.67. The third-order valence-electron chi connectivity index (χ3n) is 2.81. The summed E-state index contributed by atoms with van der Waals surface area (Å²) >= 11 is 0. The summed E-state index contributed by atoms with van der Waals surface area (Å²) in [6.45, 7) is 1.82. The Kier molecular flexibility index (Phi) is 3.24. The van der Waals surface area contributed by atoms with E-state index >= 15 is 0 Å². The molecule has 0 aliphatic heterocycles. The van der Waals surface area contributed by atoms with Crippen LogP contribution in [0.1, 0.15) is 23.1 Å². The SMILES string of the molecule is Cc1ccc(C(O)Cc2nccn2C)c(F)c1. The van der Waals surface area contributed by atoms with Crippen molar-refractivity contribution in [2.45, 2.75) is 19.4 Å². The van der Waals surface area contributed by atoms with Gasteiger partial charge in [0.15, 0.2) is 0 Å². The summed E-state index contributed by atoms with van der Waals surface area (Å²) in [5.74, 6) is 0.365. The molecule has 90 valence electrons. The van der Waals surface area contributed by atoms with Crippen LogP contribution in [0.25, 0.3) is 0 Å². The predicted octanol–water partition coefficient (Wildman–Crippen LogP) is 2.14. The van der Waals surface area contributed by atoms with Gasteiger partial charge in [-0.3, -0.25) is 0 Å². The molecular formula is C13H15FN2O. The first-order chi connectivity index (χ1) is 8.08. The highest BCUT2D eigenvalue weighted by molar-refractivity contribution is 5.25. The maximum absolute atomic E-state index is 13.6. The van der Waals surface area contributed by atoms with Gasteiger partial charge < -0.3 is 9.67 Å². The quantitative estimate of drug-likeness (QED) is 0.883.